The normalized spacial score (nSPS) is 11.7. The van der Waals surface area contributed by atoms with Crippen molar-refractivity contribution in [2.75, 3.05) is 6.61 Å². The summed E-state index contributed by atoms with van der Waals surface area (Å²) in [6, 6.07) is 5.40. The Morgan fingerprint density at radius 3 is 2.68 bits per heavy atom. The first-order valence-corrected chi connectivity index (χ1v) is 10.0. The van der Waals surface area contributed by atoms with Gasteiger partial charge in [-0.25, -0.2) is 17.9 Å². The number of esters is 1. The summed E-state index contributed by atoms with van der Waals surface area (Å²) in [6.07, 6.45) is 0. The van der Waals surface area contributed by atoms with Crippen molar-refractivity contribution in [1.82, 2.24) is 9.29 Å². The van der Waals surface area contributed by atoms with Gasteiger partial charge in [0.15, 0.2) is 0 Å². The molecule has 0 fully saturated rings. The zero-order valence-electron chi connectivity index (χ0n) is 14.2. The van der Waals surface area contributed by atoms with Crippen LogP contribution in [-0.2, 0) is 21.3 Å². The lowest BCUT2D eigenvalue weighted by molar-refractivity contribution is 0.0490. The van der Waals surface area contributed by atoms with Crippen molar-refractivity contribution in [3.63, 3.8) is 0 Å². The lowest BCUT2D eigenvalue weighted by Crippen LogP contribution is -2.30. The number of rotatable bonds is 7. The Bertz CT molecular complexity index is 913. The second-order valence-corrected chi connectivity index (χ2v) is 8.27. The zero-order chi connectivity index (χ0) is 18.6. The molecule has 0 saturated carbocycles. The molecule has 1 N–H and O–H groups in total. The molecule has 0 aliphatic carbocycles. The van der Waals surface area contributed by atoms with Crippen LogP contribution >= 0.6 is 11.3 Å². The Morgan fingerprint density at radius 1 is 1.36 bits per heavy atom. The van der Waals surface area contributed by atoms with Crippen molar-refractivity contribution in [2.45, 2.75) is 38.3 Å². The lowest BCUT2D eigenvalue weighted by atomic mass is 10.2. The van der Waals surface area contributed by atoms with Crippen molar-refractivity contribution in [1.29, 1.82) is 0 Å². The number of sulfonamides is 1. The van der Waals surface area contributed by atoms with E-state index in [0.717, 1.165) is 17.0 Å². The summed E-state index contributed by atoms with van der Waals surface area (Å²) in [6.45, 7) is 5.51. The highest BCUT2D eigenvalue weighted by Gasteiger charge is 2.17. The quantitative estimate of drug-likeness (QED) is 0.734. The maximum atomic E-state index is 12.2. The summed E-state index contributed by atoms with van der Waals surface area (Å²) in [7, 11) is -3.68. The van der Waals surface area contributed by atoms with Crippen LogP contribution in [0.2, 0.25) is 0 Å². The molecule has 9 heteroatoms. The molecular formula is C16H20N2O5S2. The van der Waals surface area contributed by atoms with Crippen LogP contribution in [0.3, 0.4) is 0 Å². The van der Waals surface area contributed by atoms with E-state index in [0.29, 0.717) is 0 Å². The zero-order valence-corrected chi connectivity index (χ0v) is 15.8. The van der Waals surface area contributed by atoms with E-state index in [4.69, 9.17) is 4.74 Å². The van der Waals surface area contributed by atoms with E-state index in [2.05, 4.69) is 4.72 Å². The van der Waals surface area contributed by atoms with Crippen molar-refractivity contribution in [3.8, 4) is 0 Å². The van der Waals surface area contributed by atoms with Gasteiger partial charge < -0.3 is 4.74 Å². The van der Waals surface area contributed by atoms with Gasteiger partial charge in [-0.15, -0.1) is 0 Å². The highest BCUT2D eigenvalue weighted by molar-refractivity contribution is 7.89. The summed E-state index contributed by atoms with van der Waals surface area (Å²) in [5.74, 6) is -0.637. The van der Waals surface area contributed by atoms with Gasteiger partial charge in [0.25, 0.3) is 0 Å². The lowest BCUT2D eigenvalue weighted by Gasteiger charge is -2.11. The van der Waals surface area contributed by atoms with Gasteiger partial charge in [-0.3, -0.25) is 9.36 Å². The van der Waals surface area contributed by atoms with Crippen molar-refractivity contribution in [3.05, 3.63) is 50.6 Å². The van der Waals surface area contributed by atoms with E-state index in [9.17, 15) is 18.0 Å². The molecule has 1 heterocycles. The first-order chi connectivity index (χ1) is 11.7. The third kappa shape index (κ3) is 5.00. The molecule has 0 saturated heterocycles. The predicted octanol–water partition coefficient (Wildman–Crippen LogP) is 1.76. The van der Waals surface area contributed by atoms with E-state index in [-0.39, 0.29) is 34.5 Å². The third-order valence-corrected chi connectivity index (χ3v) is 5.83. The Balaban J connectivity index is 2.05. The fourth-order valence-corrected chi connectivity index (χ4v) is 4.21. The van der Waals surface area contributed by atoms with Crippen molar-refractivity contribution in [2.24, 2.45) is 0 Å². The van der Waals surface area contributed by atoms with Gasteiger partial charge in [0.05, 0.1) is 17.0 Å². The molecule has 2 aromatic rings. The smallest absolute Gasteiger partial charge is 0.338 e. The molecule has 0 unspecified atom stereocenters. The standard InChI is InChI=1S/C16H20N2O5S2/c1-11(2)17-25(21,22)14-6-4-5-13(9-14)15(19)23-8-7-18-12(3)10-24-16(18)20/h4-6,9-11,17H,7-8H2,1-3H3. The van der Waals surface area contributed by atoms with Crippen LogP contribution in [0, 0.1) is 6.92 Å². The number of carbonyl (C=O) groups is 1. The molecule has 136 valence electrons. The van der Waals surface area contributed by atoms with Gasteiger partial charge >= 0.3 is 10.8 Å². The maximum absolute atomic E-state index is 12.2. The largest absolute Gasteiger partial charge is 0.460 e. The van der Waals surface area contributed by atoms with Gasteiger partial charge in [-0.1, -0.05) is 17.4 Å². The van der Waals surface area contributed by atoms with Crippen LogP contribution in [-0.4, -0.2) is 31.6 Å². The van der Waals surface area contributed by atoms with Gasteiger partial charge in [0, 0.05) is 17.1 Å². The van der Waals surface area contributed by atoms with Crippen LogP contribution < -0.4 is 9.60 Å². The monoisotopic (exact) mass is 384 g/mol. The van der Waals surface area contributed by atoms with Crippen molar-refractivity contribution < 1.29 is 17.9 Å². The van der Waals surface area contributed by atoms with E-state index in [1.165, 1.54) is 28.8 Å². The molecule has 7 nitrogen and oxygen atoms in total. The predicted molar refractivity (Wildman–Crippen MR) is 95.5 cm³/mol. The molecular weight excluding hydrogens is 364 g/mol. The van der Waals surface area contributed by atoms with Crippen LogP contribution in [0.15, 0.2) is 39.3 Å². The number of hydrogen-bond donors (Lipinski definition) is 1. The van der Waals surface area contributed by atoms with Crippen LogP contribution in [0.5, 0.6) is 0 Å². The van der Waals surface area contributed by atoms with Gasteiger partial charge in [0.2, 0.25) is 10.0 Å². The number of hydrogen-bond acceptors (Lipinski definition) is 6. The molecule has 0 aliphatic rings. The van der Waals surface area contributed by atoms with E-state index in [1.54, 1.807) is 26.2 Å². The van der Waals surface area contributed by atoms with Gasteiger partial charge in [-0.2, -0.15) is 0 Å². The molecule has 1 aromatic carbocycles. The molecule has 0 amide bonds. The molecule has 0 spiro atoms. The second kappa shape index (κ2) is 7.94. The Kier molecular flexibility index (Phi) is 6.15. The molecule has 1 aromatic heterocycles. The number of thiazole rings is 1. The van der Waals surface area contributed by atoms with Crippen LogP contribution in [0.1, 0.15) is 29.9 Å². The summed E-state index contributed by atoms with van der Waals surface area (Å²) < 4.78 is 33.5. The van der Waals surface area contributed by atoms with E-state index >= 15 is 0 Å². The minimum atomic E-state index is -3.68. The number of ether oxygens (including phenoxy) is 1. The topological polar surface area (TPSA) is 94.5 Å². The maximum Gasteiger partial charge on any atom is 0.338 e. The molecule has 2 rings (SSSR count). The van der Waals surface area contributed by atoms with Crippen LogP contribution in [0.4, 0.5) is 0 Å². The third-order valence-electron chi connectivity index (χ3n) is 3.30. The number of benzene rings is 1. The Hall–Kier alpha value is -1.97. The van der Waals surface area contributed by atoms with Gasteiger partial charge in [-0.05, 0) is 39.0 Å². The minimum Gasteiger partial charge on any atom is -0.460 e. The van der Waals surface area contributed by atoms with E-state index in [1.807, 2.05) is 0 Å². The molecule has 0 bridgehead atoms. The number of nitrogens with zero attached hydrogens (tertiary/aromatic N) is 1. The fourth-order valence-electron chi connectivity index (χ4n) is 2.16. The van der Waals surface area contributed by atoms with E-state index < -0.39 is 16.0 Å². The van der Waals surface area contributed by atoms with Crippen molar-refractivity contribution >= 4 is 27.3 Å². The SMILES string of the molecule is Cc1csc(=O)n1CCOC(=O)c1cccc(S(=O)(=O)NC(C)C)c1. The number of aromatic nitrogens is 1. The van der Waals surface area contributed by atoms with Crippen LogP contribution in [0.25, 0.3) is 0 Å². The summed E-state index contributed by atoms with van der Waals surface area (Å²) in [5.41, 5.74) is 0.944. The fraction of sp³-hybridized carbons (Fsp3) is 0.375. The second-order valence-electron chi connectivity index (χ2n) is 5.73. The molecule has 0 radical (unpaired) electrons. The van der Waals surface area contributed by atoms with Gasteiger partial charge in [0.1, 0.15) is 6.61 Å². The Morgan fingerprint density at radius 2 is 2.08 bits per heavy atom. The Labute approximate surface area is 150 Å². The molecule has 25 heavy (non-hydrogen) atoms. The first-order valence-electron chi connectivity index (χ1n) is 7.65. The number of nitrogens with one attached hydrogen (secondary N) is 1. The average molecular weight is 384 g/mol. The molecule has 0 aliphatic heterocycles. The highest BCUT2D eigenvalue weighted by Crippen LogP contribution is 2.13. The number of aryl methyl sites for hydroxylation is 1. The molecule has 0 atom stereocenters. The minimum absolute atomic E-state index is 0.000508. The number of carbonyl (C=O) groups excluding carboxylic acids is 1. The summed E-state index contributed by atoms with van der Waals surface area (Å²) in [5, 5.41) is 1.74. The highest BCUT2D eigenvalue weighted by atomic mass is 32.2. The summed E-state index contributed by atoms with van der Waals surface area (Å²) >= 11 is 1.09. The first kappa shape index (κ1) is 19.4. The summed E-state index contributed by atoms with van der Waals surface area (Å²) in [4.78, 5) is 23.6. The average Bonchev–Trinajstić information content (AvgIpc) is 2.85.